The molecule has 22 heavy (non-hydrogen) atoms. The summed E-state index contributed by atoms with van der Waals surface area (Å²) in [7, 11) is 0. The average Bonchev–Trinajstić information content (AvgIpc) is 3.27. The lowest BCUT2D eigenvalue weighted by Crippen LogP contribution is -1.90. The summed E-state index contributed by atoms with van der Waals surface area (Å²) in [6, 6.07) is 3.61. The zero-order valence-electron chi connectivity index (χ0n) is 11.0. The van der Waals surface area contributed by atoms with Crippen LogP contribution in [0.1, 0.15) is 0 Å². The molecule has 8 heteroatoms. The molecule has 0 unspecified atom stereocenters. The Balaban J connectivity index is 1.84. The van der Waals surface area contributed by atoms with E-state index in [1.165, 1.54) is 6.39 Å². The maximum Gasteiger partial charge on any atom is 0.223 e. The molecule has 0 spiro atoms. The third-order valence-corrected chi connectivity index (χ3v) is 3.23. The van der Waals surface area contributed by atoms with Gasteiger partial charge in [-0.1, -0.05) is 0 Å². The number of imidazole rings is 1. The molecule has 1 N–H and O–H groups in total. The van der Waals surface area contributed by atoms with Crippen molar-refractivity contribution in [3.63, 3.8) is 0 Å². The second-order valence-corrected chi connectivity index (χ2v) is 4.72. The number of halogens is 1. The lowest BCUT2D eigenvalue weighted by Gasteiger charge is -2.03. The number of aromatic amines is 1. The molecular weight excluding hydrogens is 306 g/mol. The molecule has 0 aromatic carbocycles. The first-order valence-corrected chi connectivity index (χ1v) is 6.70. The summed E-state index contributed by atoms with van der Waals surface area (Å²) in [5.41, 5.74) is 1.87. The second kappa shape index (κ2) is 5.12. The van der Waals surface area contributed by atoms with Crippen LogP contribution in [0.3, 0.4) is 0 Å². The van der Waals surface area contributed by atoms with E-state index in [1.807, 2.05) is 6.07 Å². The van der Waals surface area contributed by atoms with Gasteiger partial charge in [0.2, 0.25) is 5.28 Å². The number of nitrogens with zero attached hydrogens (tertiary/aromatic N) is 4. The van der Waals surface area contributed by atoms with E-state index in [9.17, 15) is 0 Å². The molecule has 0 aliphatic carbocycles. The third-order valence-electron chi connectivity index (χ3n) is 3.05. The largest absolute Gasteiger partial charge is 0.453 e. The van der Waals surface area contributed by atoms with E-state index in [4.69, 9.17) is 20.4 Å². The van der Waals surface area contributed by atoms with E-state index in [0.717, 1.165) is 0 Å². The molecular formula is C14H8ClN5O2. The van der Waals surface area contributed by atoms with Gasteiger partial charge in [-0.2, -0.15) is 0 Å². The minimum Gasteiger partial charge on any atom is -0.453 e. The van der Waals surface area contributed by atoms with Gasteiger partial charge in [-0.3, -0.25) is 0 Å². The van der Waals surface area contributed by atoms with Crippen LogP contribution in [-0.2, 0) is 0 Å². The molecule has 0 radical (unpaired) electrons. The van der Waals surface area contributed by atoms with Crippen molar-refractivity contribution < 1.29 is 8.83 Å². The van der Waals surface area contributed by atoms with Crippen LogP contribution in [0, 0.1) is 0 Å². The van der Waals surface area contributed by atoms with Gasteiger partial charge in [-0.15, -0.1) is 0 Å². The van der Waals surface area contributed by atoms with Gasteiger partial charge in [0.05, 0.1) is 18.1 Å². The Bertz CT molecular complexity index is 899. The first kappa shape index (κ1) is 12.8. The van der Waals surface area contributed by atoms with Crippen molar-refractivity contribution in [3.05, 3.63) is 48.7 Å². The quantitative estimate of drug-likeness (QED) is 0.582. The van der Waals surface area contributed by atoms with Crippen LogP contribution in [0.5, 0.6) is 0 Å². The third kappa shape index (κ3) is 2.17. The maximum absolute atomic E-state index is 5.91. The predicted octanol–water partition coefficient (Wildman–Crippen LogP) is 3.44. The zero-order valence-corrected chi connectivity index (χ0v) is 11.8. The van der Waals surface area contributed by atoms with Crippen molar-refractivity contribution in [2.75, 3.05) is 0 Å². The van der Waals surface area contributed by atoms with Crippen molar-refractivity contribution in [1.29, 1.82) is 0 Å². The molecule has 0 atom stereocenters. The molecule has 0 saturated heterocycles. The summed E-state index contributed by atoms with van der Waals surface area (Å²) in [6.07, 6.45) is 7.81. The van der Waals surface area contributed by atoms with Gasteiger partial charge < -0.3 is 13.8 Å². The molecule has 0 fully saturated rings. The molecule has 0 bridgehead atoms. The van der Waals surface area contributed by atoms with Crippen molar-refractivity contribution in [3.8, 4) is 34.2 Å². The van der Waals surface area contributed by atoms with E-state index in [2.05, 4.69) is 24.9 Å². The molecule has 4 heterocycles. The highest BCUT2D eigenvalue weighted by Crippen LogP contribution is 2.33. The van der Waals surface area contributed by atoms with Gasteiger partial charge in [-0.05, 0) is 23.7 Å². The van der Waals surface area contributed by atoms with Gasteiger partial charge in [0.15, 0.2) is 23.7 Å². The molecule has 4 aromatic heterocycles. The maximum atomic E-state index is 5.91. The highest BCUT2D eigenvalue weighted by molar-refractivity contribution is 6.28. The summed E-state index contributed by atoms with van der Waals surface area (Å²) < 4.78 is 11.1. The minimum atomic E-state index is 0.121. The predicted molar refractivity (Wildman–Crippen MR) is 77.8 cm³/mol. The van der Waals surface area contributed by atoms with Gasteiger partial charge in [0.25, 0.3) is 0 Å². The van der Waals surface area contributed by atoms with Gasteiger partial charge in [0.1, 0.15) is 11.4 Å². The first-order valence-electron chi connectivity index (χ1n) is 6.32. The smallest absolute Gasteiger partial charge is 0.223 e. The summed E-state index contributed by atoms with van der Waals surface area (Å²) in [4.78, 5) is 19.2. The summed E-state index contributed by atoms with van der Waals surface area (Å²) >= 11 is 5.91. The summed E-state index contributed by atoms with van der Waals surface area (Å²) in [5, 5.41) is 0.121. The minimum absolute atomic E-state index is 0.121. The fourth-order valence-corrected chi connectivity index (χ4v) is 2.21. The number of hydrogen-bond donors (Lipinski definition) is 1. The van der Waals surface area contributed by atoms with Gasteiger partial charge in [-0.25, -0.2) is 19.9 Å². The standard InChI is InChI=1S/C14H8ClN5O2/c15-14-18-3-8(12-5-17-7-21-12)13(20-14)11-2-1-10(22-11)9-4-16-6-19-9/h1-7H,(H,16,19). The van der Waals surface area contributed by atoms with Crippen LogP contribution in [0.15, 0.2) is 52.3 Å². The van der Waals surface area contributed by atoms with E-state index in [1.54, 1.807) is 31.0 Å². The Hall–Kier alpha value is -2.93. The molecule has 4 aromatic rings. The van der Waals surface area contributed by atoms with Crippen molar-refractivity contribution in [2.24, 2.45) is 0 Å². The van der Waals surface area contributed by atoms with Gasteiger partial charge in [0, 0.05) is 12.4 Å². The Morgan fingerprint density at radius 1 is 1.05 bits per heavy atom. The van der Waals surface area contributed by atoms with E-state index in [0.29, 0.717) is 34.2 Å². The normalized spacial score (nSPS) is 11.0. The zero-order chi connectivity index (χ0) is 14.9. The lowest BCUT2D eigenvalue weighted by molar-refractivity contribution is 0.569. The Morgan fingerprint density at radius 3 is 2.73 bits per heavy atom. The lowest BCUT2D eigenvalue weighted by atomic mass is 10.1. The molecule has 0 aliphatic rings. The molecule has 108 valence electrons. The number of oxazole rings is 1. The average molecular weight is 314 g/mol. The highest BCUT2D eigenvalue weighted by Gasteiger charge is 2.17. The Morgan fingerprint density at radius 2 is 1.95 bits per heavy atom. The van der Waals surface area contributed by atoms with Crippen molar-refractivity contribution >= 4 is 11.6 Å². The Kier molecular flexibility index (Phi) is 2.97. The van der Waals surface area contributed by atoms with Crippen molar-refractivity contribution in [1.82, 2.24) is 24.9 Å². The number of hydrogen-bond acceptors (Lipinski definition) is 6. The van der Waals surface area contributed by atoms with Crippen LogP contribution in [0.4, 0.5) is 0 Å². The van der Waals surface area contributed by atoms with Crippen LogP contribution < -0.4 is 0 Å². The van der Waals surface area contributed by atoms with Crippen LogP contribution in [-0.4, -0.2) is 24.9 Å². The Labute approximate surface area is 129 Å². The van der Waals surface area contributed by atoms with Crippen LogP contribution >= 0.6 is 11.6 Å². The summed E-state index contributed by atoms with van der Waals surface area (Å²) in [6.45, 7) is 0. The molecule has 0 saturated carbocycles. The SMILES string of the molecule is Clc1ncc(-c2cnco2)c(-c2ccc(-c3c[nH]cn3)o2)n1. The van der Waals surface area contributed by atoms with E-state index in [-0.39, 0.29) is 5.28 Å². The molecule has 4 rings (SSSR count). The molecule has 0 amide bonds. The molecule has 7 nitrogen and oxygen atoms in total. The van der Waals surface area contributed by atoms with Crippen molar-refractivity contribution in [2.45, 2.75) is 0 Å². The van der Waals surface area contributed by atoms with E-state index < -0.39 is 0 Å². The van der Waals surface area contributed by atoms with Gasteiger partial charge >= 0.3 is 0 Å². The fourth-order valence-electron chi connectivity index (χ4n) is 2.08. The topological polar surface area (TPSA) is 93.6 Å². The first-order chi connectivity index (χ1) is 10.8. The number of nitrogens with one attached hydrogen (secondary N) is 1. The number of furan rings is 1. The number of rotatable bonds is 3. The summed E-state index contributed by atoms with van der Waals surface area (Å²) in [5.74, 6) is 1.69. The number of aromatic nitrogens is 5. The van der Waals surface area contributed by atoms with Crippen LogP contribution in [0.2, 0.25) is 5.28 Å². The number of H-pyrrole nitrogens is 1. The second-order valence-electron chi connectivity index (χ2n) is 4.39. The van der Waals surface area contributed by atoms with E-state index >= 15 is 0 Å². The van der Waals surface area contributed by atoms with Crippen LogP contribution in [0.25, 0.3) is 34.2 Å². The highest BCUT2D eigenvalue weighted by atomic mass is 35.5. The monoisotopic (exact) mass is 313 g/mol. The fraction of sp³-hybridized carbons (Fsp3) is 0. The molecule has 0 aliphatic heterocycles.